The number of amides is 4. The summed E-state index contributed by atoms with van der Waals surface area (Å²) in [6.45, 7) is 5.38. The minimum Gasteiger partial charge on any atom is -0.268 e. The second-order valence-corrected chi connectivity index (χ2v) is 5.72. The topological polar surface area (TPSA) is 57.7 Å². The van der Waals surface area contributed by atoms with Gasteiger partial charge < -0.3 is 0 Å². The number of hydrogen-bond acceptors (Lipinski definition) is 3. The third kappa shape index (κ3) is 4.01. The van der Waals surface area contributed by atoms with Gasteiger partial charge in [0, 0.05) is 14.1 Å². The highest BCUT2D eigenvalue weighted by atomic mass is 16.2. The van der Waals surface area contributed by atoms with Crippen molar-refractivity contribution in [2.24, 2.45) is 0 Å². The zero-order valence-electron chi connectivity index (χ0n) is 14.5. The number of nitrogens with zero attached hydrogens (tertiary/aromatic N) is 2. The van der Waals surface area contributed by atoms with Crippen molar-refractivity contribution in [3.8, 4) is 11.1 Å². The number of hydrogen-bond donors (Lipinski definition) is 0. The number of imide groups is 2. The van der Waals surface area contributed by atoms with Crippen molar-refractivity contribution in [3.05, 3.63) is 72.3 Å². The summed E-state index contributed by atoms with van der Waals surface area (Å²) in [6.07, 6.45) is 0. The molecule has 0 bridgehead atoms. The van der Waals surface area contributed by atoms with Gasteiger partial charge in [0.05, 0.1) is 5.57 Å². The molecule has 1 fully saturated rings. The maximum Gasteiger partial charge on any atom is 0.333 e. The Morgan fingerprint density at radius 2 is 1.16 bits per heavy atom. The van der Waals surface area contributed by atoms with Crippen LogP contribution < -0.4 is 0 Å². The largest absolute Gasteiger partial charge is 0.333 e. The third-order valence-electron chi connectivity index (χ3n) is 3.86. The molecule has 0 radical (unpaired) electrons. The highest BCUT2D eigenvalue weighted by Gasteiger charge is 2.36. The van der Waals surface area contributed by atoms with Gasteiger partial charge in [-0.2, -0.15) is 0 Å². The number of likely N-dealkylation sites (N-methyl/N-ethyl adjacent to an activating group) is 2. The first kappa shape index (κ1) is 18.1. The average Bonchev–Trinajstić information content (AvgIpc) is 2.65. The molecular formula is C20H20N2O3. The molecule has 5 heteroatoms. The van der Waals surface area contributed by atoms with Gasteiger partial charge in [0.25, 0.3) is 11.8 Å². The Bertz CT molecular complexity index is 785. The summed E-state index contributed by atoms with van der Waals surface area (Å²) in [7, 11) is 2.61. The summed E-state index contributed by atoms with van der Waals surface area (Å²) >= 11 is 0. The van der Waals surface area contributed by atoms with Crippen LogP contribution in [0.4, 0.5) is 4.79 Å². The molecule has 2 aromatic rings. The summed E-state index contributed by atoms with van der Waals surface area (Å²) in [5.41, 5.74) is 3.69. The summed E-state index contributed by atoms with van der Waals surface area (Å²) in [4.78, 5) is 34.9. The monoisotopic (exact) mass is 336 g/mol. The molecule has 0 N–H and O–H groups in total. The van der Waals surface area contributed by atoms with E-state index < -0.39 is 17.8 Å². The molecule has 1 aliphatic rings. The maximum atomic E-state index is 11.1. The summed E-state index contributed by atoms with van der Waals surface area (Å²) < 4.78 is 0. The van der Waals surface area contributed by atoms with E-state index in [-0.39, 0.29) is 5.57 Å². The van der Waals surface area contributed by atoms with Gasteiger partial charge in [-0.1, -0.05) is 66.7 Å². The molecule has 3 rings (SSSR count). The fourth-order valence-corrected chi connectivity index (χ4v) is 2.27. The maximum absolute atomic E-state index is 11.1. The minimum absolute atomic E-state index is 0.181. The number of carbonyl (C=O) groups excluding carboxylic acids is 3. The minimum atomic E-state index is -0.636. The van der Waals surface area contributed by atoms with E-state index in [2.05, 4.69) is 62.0 Å². The SMILES string of the molecule is C=C1C(=O)N(C)C(=O)N(C)C1=O.Cc1ccc(-c2ccccc2)cc1. The Morgan fingerprint density at radius 1 is 0.720 bits per heavy atom. The van der Waals surface area contributed by atoms with E-state index in [9.17, 15) is 14.4 Å². The zero-order chi connectivity index (χ0) is 18.6. The lowest BCUT2D eigenvalue weighted by Crippen LogP contribution is -2.52. The molecule has 0 atom stereocenters. The van der Waals surface area contributed by atoms with Crippen LogP contribution >= 0.6 is 0 Å². The van der Waals surface area contributed by atoms with E-state index in [1.807, 2.05) is 6.07 Å². The van der Waals surface area contributed by atoms with Crippen LogP contribution in [0, 0.1) is 6.92 Å². The van der Waals surface area contributed by atoms with Crippen LogP contribution in [-0.4, -0.2) is 41.7 Å². The van der Waals surface area contributed by atoms with Crippen molar-refractivity contribution >= 4 is 17.8 Å². The van der Waals surface area contributed by atoms with Crippen molar-refractivity contribution in [1.29, 1.82) is 0 Å². The highest BCUT2D eigenvalue weighted by Crippen LogP contribution is 2.18. The second kappa shape index (κ2) is 7.57. The van der Waals surface area contributed by atoms with Crippen LogP contribution in [0.1, 0.15) is 5.56 Å². The number of barbiturate groups is 1. The molecule has 5 nitrogen and oxygen atoms in total. The molecule has 2 aromatic carbocycles. The van der Waals surface area contributed by atoms with E-state index in [0.29, 0.717) is 0 Å². The standard InChI is InChI=1S/C13H12.C7H8N2O3/c1-11-7-9-13(10-8-11)12-5-3-2-4-6-12;1-4-5(10)8(2)7(12)9(3)6(4)11/h2-10H,1H3;1H2,2-3H3. The van der Waals surface area contributed by atoms with Gasteiger partial charge in [-0.3, -0.25) is 19.4 Å². The van der Waals surface area contributed by atoms with Gasteiger partial charge in [0.15, 0.2) is 0 Å². The van der Waals surface area contributed by atoms with Gasteiger partial charge in [0.1, 0.15) is 0 Å². The summed E-state index contributed by atoms with van der Waals surface area (Å²) in [5.74, 6) is -1.27. The van der Waals surface area contributed by atoms with Crippen molar-refractivity contribution in [2.75, 3.05) is 14.1 Å². The predicted octanol–water partition coefficient (Wildman–Crippen LogP) is 3.26. The van der Waals surface area contributed by atoms with Gasteiger partial charge in [0.2, 0.25) is 0 Å². The van der Waals surface area contributed by atoms with Crippen LogP contribution in [0.2, 0.25) is 0 Å². The van der Waals surface area contributed by atoms with Crippen molar-refractivity contribution in [2.45, 2.75) is 6.92 Å². The Balaban J connectivity index is 0.000000181. The van der Waals surface area contributed by atoms with E-state index >= 15 is 0 Å². The molecule has 0 aromatic heterocycles. The Labute approximate surface area is 147 Å². The molecule has 0 saturated carbocycles. The lowest BCUT2D eigenvalue weighted by Gasteiger charge is -2.28. The van der Waals surface area contributed by atoms with Gasteiger partial charge >= 0.3 is 6.03 Å². The quantitative estimate of drug-likeness (QED) is 0.593. The lowest BCUT2D eigenvalue weighted by molar-refractivity contribution is -0.134. The van der Waals surface area contributed by atoms with Gasteiger partial charge in [-0.25, -0.2) is 4.79 Å². The summed E-state index contributed by atoms with van der Waals surface area (Å²) in [6, 6.07) is 18.4. The molecule has 1 aliphatic heterocycles. The Hall–Kier alpha value is -3.21. The van der Waals surface area contributed by atoms with Crippen LogP contribution in [-0.2, 0) is 9.59 Å². The van der Waals surface area contributed by atoms with Crippen LogP contribution in [0.25, 0.3) is 11.1 Å². The number of benzene rings is 2. The Kier molecular flexibility index (Phi) is 5.49. The lowest BCUT2D eigenvalue weighted by atomic mass is 10.0. The van der Waals surface area contributed by atoms with Crippen molar-refractivity contribution in [3.63, 3.8) is 0 Å². The molecule has 1 heterocycles. The summed E-state index contributed by atoms with van der Waals surface area (Å²) in [5, 5.41) is 0. The molecule has 25 heavy (non-hydrogen) atoms. The molecule has 1 saturated heterocycles. The van der Waals surface area contributed by atoms with Gasteiger partial charge in [-0.15, -0.1) is 0 Å². The van der Waals surface area contributed by atoms with Crippen molar-refractivity contribution in [1.82, 2.24) is 9.80 Å². The van der Waals surface area contributed by atoms with Crippen LogP contribution in [0.3, 0.4) is 0 Å². The van der Waals surface area contributed by atoms with E-state index in [1.165, 1.54) is 30.8 Å². The number of aryl methyl sites for hydroxylation is 1. The number of carbonyl (C=O) groups is 3. The molecule has 128 valence electrons. The zero-order valence-corrected chi connectivity index (χ0v) is 14.5. The fraction of sp³-hybridized carbons (Fsp3) is 0.150. The van der Waals surface area contributed by atoms with E-state index in [1.54, 1.807) is 0 Å². The molecule has 0 aliphatic carbocycles. The first-order valence-corrected chi connectivity index (χ1v) is 7.74. The fourth-order valence-electron chi connectivity index (χ4n) is 2.27. The smallest absolute Gasteiger partial charge is 0.268 e. The van der Waals surface area contributed by atoms with E-state index in [4.69, 9.17) is 0 Å². The van der Waals surface area contributed by atoms with Crippen LogP contribution in [0.15, 0.2) is 66.7 Å². The highest BCUT2D eigenvalue weighted by molar-refractivity contribution is 6.28. The first-order valence-electron chi connectivity index (χ1n) is 7.74. The number of rotatable bonds is 1. The molecular weight excluding hydrogens is 316 g/mol. The van der Waals surface area contributed by atoms with Crippen LogP contribution in [0.5, 0.6) is 0 Å². The van der Waals surface area contributed by atoms with Crippen molar-refractivity contribution < 1.29 is 14.4 Å². The molecule has 0 spiro atoms. The average molecular weight is 336 g/mol. The van der Waals surface area contributed by atoms with Gasteiger partial charge in [-0.05, 0) is 18.1 Å². The normalized spacial score (nSPS) is 14.4. The molecule has 4 amide bonds. The first-order chi connectivity index (χ1) is 11.8. The predicted molar refractivity (Wildman–Crippen MR) is 96.7 cm³/mol. The second-order valence-electron chi connectivity index (χ2n) is 5.72. The third-order valence-corrected chi connectivity index (χ3v) is 3.86. The Morgan fingerprint density at radius 3 is 1.64 bits per heavy atom. The number of urea groups is 1. The van der Waals surface area contributed by atoms with E-state index in [0.717, 1.165) is 9.80 Å². The molecule has 0 unspecified atom stereocenters.